The predicted octanol–water partition coefficient (Wildman–Crippen LogP) is 3.36. The molecule has 5 nitrogen and oxygen atoms in total. The van der Waals surface area contributed by atoms with Crippen molar-refractivity contribution in [1.82, 2.24) is 0 Å². The normalized spacial score (nSPS) is 13.6. The monoisotopic (exact) mass is 314 g/mol. The van der Waals surface area contributed by atoms with Crippen LogP contribution in [0.2, 0.25) is 0 Å². The molecule has 0 spiro atoms. The van der Waals surface area contributed by atoms with E-state index in [-0.39, 0.29) is 6.79 Å². The minimum Gasteiger partial charge on any atom is -0.493 e. The molecule has 1 heterocycles. The summed E-state index contributed by atoms with van der Waals surface area (Å²) in [5.74, 6) is 0.496. The minimum atomic E-state index is -0.878. The number of hydrogen-bond donors (Lipinski definition) is 1. The third-order valence-corrected chi connectivity index (χ3v) is 3.85. The van der Waals surface area contributed by atoms with Crippen molar-refractivity contribution in [2.45, 2.75) is 19.3 Å². The average molecular weight is 314 g/mol. The van der Waals surface area contributed by atoms with Gasteiger partial charge in [0.2, 0.25) is 6.79 Å². The lowest BCUT2D eigenvalue weighted by molar-refractivity contribution is -0.139. The Morgan fingerprint density at radius 3 is 2.78 bits per heavy atom. The topological polar surface area (TPSA) is 65.0 Å². The number of aliphatic carboxylic acids is 1. The maximum absolute atomic E-state index is 11.6. The quantitative estimate of drug-likeness (QED) is 0.885. The summed E-state index contributed by atoms with van der Waals surface area (Å²) in [5, 5.41) is 9.50. The molecule has 1 unspecified atom stereocenters. The second kappa shape index (κ2) is 6.60. The molecule has 0 fully saturated rings. The van der Waals surface area contributed by atoms with E-state index in [0.717, 1.165) is 11.3 Å². The van der Waals surface area contributed by atoms with E-state index < -0.39 is 11.9 Å². The van der Waals surface area contributed by atoms with Crippen LogP contribution < -0.4 is 14.2 Å². The number of ether oxygens (including phenoxy) is 3. The number of carboxylic acid groups (broad SMARTS) is 1. The first-order valence-electron chi connectivity index (χ1n) is 7.46. The van der Waals surface area contributed by atoms with Gasteiger partial charge in [-0.1, -0.05) is 24.3 Å². The molecule has 120 valence electrons. The predicted molar refractivity (Wildman–Crippen MR) is 84.2 cm³/mol. The molecule has 3 rings (SSSR count). The number of fused-ring (bicyclic) bond motifs is 1. The number of carbonyl (C=O) groups is 1. The van der Waals surface area contributed by atoms with Crippen molar-refractivity contribution in [2.24, 2.45) is 0 Å². The van der Waals surface area contributed by atoms with Gasteiger partial charge in [-0.2, -0.15) is 0 Å². The zero-order chi connectivity index (χ0) is 16.2. The number of carboxylic acids is 1. The number of benzene rings is 2. The maximum Gasteiger partial charge on any atom is 0.311 e. The van der Waals surface area contributed by atoms with Crippen molar-refractivity contribution in [1.29, 1.82) is 0 Å². The largest absolute Gasteiger partial charge is 0.493 e. The zero-order valence-electron chi connectivity index (χ0n) is 12.8. The van der Waals surface area contributed by atoms with Crippen molar-refractivity contribution < 1.29 is 24.1 Å². The van der Waals surface area contributed by atoms with E-state index in [1.165, 1.54) is 0 Å². The number of hydrogen-bond acceptors (Lipinski definition) is 4. The van der Waals surface area contributed by atoms with E-state index in [4.69, 9.17) is 14.2 Å². The van der Waals surface area contributed by atoms with Crippen LogP contribution in [-0.4, -0.2) is 24.5 Å². The summed E-state index contributed by atoms with van der Waals surface area (Å²) < 4.78 is 16.3. The van der Waals surface area contributed by atoms with Crippen molar-refractivity contribution in [3.8, 4) is 17.2 Å². The van der Waals surface area contributed by atoms with Crippen LogP contribution in [-0.2, 0) is 4.79 Å². The van der Waals surface area contributed by atoms with Crippen LogP contribution in [0.3, 0.4) is 0 Å². The van der Waals surface area contributed by atoms with E-state index in [9.17, 15) is 9.90 Å². The van der Waals surface area contributed by atoms with Gasteiger partial charge in [0.1, 0.15) is 5.75 Å². The molecule has 0 amide bonds. The second-order valence-electron chi connectivity index (χ2n) is 5.41. The molecule has 1 aliphatic heterocycles. The Hall–Kier alpha value is -2.69. The van der Waals surface area contributed by atoms with Gasteiger partial charge in [0, 0.05) is 0 Å². The van der Waals surface area contributed by atoms with Crippen LogP contribution in [0.5, 0.6) is 17.2 Å². The molecule has 1 aliphatic rings. The van der Waals surface area contributed by atoms with Gasteiger partial charge >= 0.3 is 5.97 Å². The van der Waals surface area contributed by atoms with Crippen LogP contribution in [0, 0.1) is 6.92 Å². The second-order valence-corrected chi connectivity index (χ2v) is 5.41. The first-order valence-corrected chi connectivity index (χ1v) is 7.46. The highest BCUT2D eigenvalue weighted by atomic mass is 16.7. The first kappa shape index (κ1) is 15.2. The molecular weight excluding hydrogens is 296 g/mol. The third kappa shape index (κ3) is 3.39. The highest BCUT2D eigenvalue weighted by Crippen LogP contribution is 2.35. The fourth-order valence-corrected chi connectivity index (χ4v) is 2.57. The molecule has 23 heavy (non-hydrogen) atoms. The zero-order valence-corrected chi connectivity index (χ0v) is 12.8. The van der Waals surface area contributed by atoms with Gasteiger partial charge in [-0.25, -0.2) is 0 Å². The van der Waals surface area contributed by atoms with Crippen LogP contribution in [0.1, 0.15) is 23.5 Å². The fraction of sp³-hybridized carbons (Fsp3) is 0.278. The van der Waals surface area contributed by atoms with Crippen molar-refractivity contribution in [3.63, 3.8) is 0 Å². The van der Waals surface area contributed by atoms with Gasteiger partial charge in [-0.05, 0) is 42.7 Å². The van der Waals surface area contributed by atoms with Crippen LogP contribution >= 0.6 is 0 Å². The van der Waals surface area contributed by atoms with Gasteiger partial charge < -0.3 is 19.3 Å². The van der Waals surface area contributed by atoms with Gasteiger partial charge in [0.25, 0.3) is 0 Å². The third-order valence-electron chi connectivity index (χ3n) is 3.85. The summed E-state index contributed by atoms with van der Waals surface area (Å²) in [4.78, 5) is 11.6. The van der Waals surface area contributed by atoms with Crippen LogP contribution in [0.25, 0.3) is 0 Å². The Morgan fingerprint density at radius 2 is 2.00 bits per heavy atom. The minimum absolute atomic E-state index is 0.174. The highest BCUT2D eigenvalue weighted by Gasteiger charge is 2.23. The Labute approximate surface area is 134 Å². The smallest absolute Gasteiger partial charge is 0.311 e. The Kier molecular flexibility index (Phi) is 4.37. The van der Waals surface area contributed by atoms with E-state index in [1.54, 1.807) is 18.2 Å². The standard InChI is InChI=1S/C18H18O5/c1-12-4-2-3-5-15(12)21-9-8-14(18(19)20)13-6-7-16-17(10-13)23-11-22-16/h2-7,10,14H,8-9,11H2,1H3,(H,19,20). The van der Waals surface area contributed by atoms with Gasteiger partial charge in [-0.15, -0.1) is 0 Å². The average Bonchev–Trinajstić information content (AvgIpc) is 3.00. The molecular formula is C18H18O5. The fourth-order valence-electron chi connectivity index (χ4n) is 2.57. The highest BCUT2D eigenvalue weighted by molar-refractivity contribution is 5.76. The van der Waals surface area contributed by atoms with Crippen molar-refractivity contribution in [2.75, 3.05) is 13.4 Å². The molecule has 0 aromatic heterocycles. The molecule has 0 saturated carbocycles. The van der Waals surface area contributed by atoms with E-state index in [2.05, 4.69) is 0 Å². The van der Waals surface area contributed by atoms with E-state index in [0.29, 0.717) is 30.1 Å². The lowest BCUT2D eigenvalue weighted by Crippen LogP contribution is -2.15. The van der Waals surface area contributed by atoms with E-state index in [1.807, 2.05) is 31.2 Å². The number of rotatable bonds is 6. The Balaban J connectivity index is 1.68. The lowest BCUT2D eigenvalue weighted by atomic mass is 9.96. The first-order chi connectivity index (χ1) is 11.1. The summed E-state index contributed by atoms with van der Waals surface area (Å²) in [6, 6.07) is 12.9. The summed E-state index contributed by atoms with van der Waals surface area (Å²) >= 11 is 0. The van der Waals surface area contributed by atoms with Crippen LogP contribution in [0.4, 0.5) is 0 Å². The van der Waals surface area contributed by atoms with E-state index >= 15 is 0 Å². The number of para-hydroxylation sites is 1. The molecule has 1 atom stereocenters. The van der Waals surface area contributed by atoms with Gasteiger partial charge in [0.15, 0.2) is 11.5 Å². The molecule has 0 radical (unpaired) electrons. The summed E-state index contributed by atoms with van der Waals surface area (Å²) in [6.07, 6.45) is 0.378. The molecule has 0 bridgehead atoms. The molecule has 2 aromatic rings. The Bertz CT molecular complexity index is 710. The van der Waals surface area contributed by atoms with Gasteiger partial charge in [-0.3, -0.25) is 4.79 Å². The molecule has 2 aromatic carbocycles. The molecule has 0 aliphatic carbocycles. The maximum atomic E-state index is 11.6. The molecule has 0 saturated heterocycles. The van der Waals surface area contributed by atoms with Crippen LogP contribution in [0.15, 0.2) is 42.5 Å². The summed E-state index contributed by atoms with van der Waals surface area (Å²) in [5.41, 5.74) is 1.72. The van der Waals surface area contributed by atoms with Crippen molar-refractivity contribution in [3.05, 3.63) is 53.6 Å². The van der Waals surface area contributed by atoms with Gasteiger partial charge in [0.05, 0.1) is 12.5 Å². The molecule has 5 heteroatoms. The number of aryl methyl sites for hydroxylation is 1. The Morgan fingerprint density at radius 1 is 1.22 bits per heavy atom. The summed E-state index contributed by atoms with van der Waals surface area (Å²) in [7, 11) is 0. The SMILES string of the molecule is Cc1ccccc1OCCC(C(=O)O)c1ccc2c(c1)OCO2. The lowest BCUT2D eigenvalue weighted by Gasteiger charge is -2.15. The van der Waals surface area contributed by atoms with Crippen molar-refractivity contribution >= 4 is 5.97 Å². The molecule has 1 N–H and O–H groups in total. The summed E-state index contributed by atoms with van der Waals surface area (Å²) in [6.45, 7) is 2.46.